The van der Waals surface area contributed by atoms with Gasteiger partial charge in [0.15, 0.2) is 5.13 Å². The molecular weight excluding hydrogens is 230 g/mol. The molecule has 0 amide bonds. The van der Waals surface area contributed by atoms with Gasteiger partial charge in [0.25, 0.3) is 0 Å². The fourth-order valence-electron chi connectivity index (χ4n) is 2.52. The van der Waals surface area contributed by atoms with Gasteiger partial charge in [-0.25, -0.2) is 4.98 Å². The van der Waals surface area contributed by atoms with Crippen molar-refractivity contribution >= 4 is 32.4 Å². The Kier molecular flexibility index (Phi) is 2.67. The minimum atomic E-state index is 0.600. The SMILES string of the molecule is CC1CCC(Nc2nc3ccc(N)cc3s2)C1. The first-order chi connectivity index (χ1) is 8.20. The van der Waals surface area contributed by atoms with Crippen LogP contribution in [-0.2, 0) is 0 Å². The Hall–Kier alpha value is -1.29. The zero-order valence-corrected chi connectivity index (χ0v) is 10.8. The number of hydrogen-bond acceptors (Lipinski definition) is 4. The number of nitrogens with one attached hydrogen (secondary N) is 1. The standard InChI is InChI=1S/C13H17N3S/c1-8-2-4-10(6-8)15-13-16-11-5-3-9(14)7-12(11)17-13/h3,5,7-8,10H,2,4,6,14H2,1H3,(H,15,16). The van der Waals surface area contributed by atoms with Gasteiger partial charge < -0.3 is 11.1 Å². The third-order valence-corrected chi connectivity index (χ3v) is 4.38. The number of nitrogens with two attached hydrogens (primary N) is 1. The summed E-state index contributed by atoms with van der Waals surface area (Å²) >= 11 is 1.70. The van der Waals surface area contributed by atoms with E-state index >= 15 is 0 Å². The van der Waals surface area contributed by atoms with Gasteiger partial charge in [-0.2, -0.15) is 0 Å². The summed E-state index contributed by atoms with van der Waals surface area (Å²) in [6.45, 7) is 2.32. The van der Waals surface area contributed by atoms with Crippen LogP contribution in [0, 0.1) is 5.92 Å². The quantitative estimate of drug-likeness (QED) is 0.799. The van der Waals surface area contributed by atoms with Crippen LogP contribution in [0.1, 0.15) is 26.2 Å². The highest BCUT2D eigenvalue weighted by atomic mass is 32.1. The molecule has 3 nitrogen and oxygen atoms in total. The van der Waals surface area contributed by atoms with Gasteiger partial charge in [-0.3, -0.25) is 0 Å². The molecular formula is C13H17N3S. The molecule has 0 aliphatic heterocycles. The second-order valence-corrected chi connectivity index (χ2v) is 6.04. The van der Waals surface area contributed by atoms with Crippen molar-refractivity contribution in [2.75, 3.05) is 11.1 Å². The van der Waals surface area contributed by atoms with Crippen molar-refractivity contribution < 1.29 is 0 Å². The topological polar surface area (TPSA) is 50.9 Å². The van der Waals surface area contributed by atoms with Crippen molar-refractivity contribution in [2.24, 2.45) is 5.92 Å². The molecule has 17 heavy (non-hydrogen) atoms. The van der Waals surface area contributed by atoms with Crippen LogP contribution in [0.25, 0.3) is 10.2 Å². The molecule has 1 fully saturated rings. The van der Waals surface area contributed by atoms with E-state index in [-0.39, 0.29) is 0 Å². The number of fused-ring (bicyclic) bond motifs is 1. The van der Waals surface area contributed by atoms with Crippen LogP contribution in [0.3, 0.4) is 0 Å². The molecule has 1 heterocycles. The summed E-state index contributed by atoms with van der Waals surface area (Å²) in [7, 11) is 0. The molecule has 1 aromatic heterocycles. The lowest BCUT2D eigenvalue weighted by molar-refractivity contribution is 0.602. The molecule has 4 heteroatoms. The smallest absolute Gasteiger partial charge is 0.184 e. The number of anilines is 2. The van der Waals surface area contributed by atoms with Crippen LogP contribution in [0.2, 0.25) is 0 Å². The van der Waals surface area contributed by atoms with Gasteiger partial charge in [-0.1, -0.05) is 18.3 Å². The predicted octanol–water partition coefficient (Wildman–Crippen LogP) is 3.48. The van der Waals surface area contributed by atoms with Crippen LogP contribution in [0.5, 0.6) is 0 Å². The third kappa shape index (κ3) is 2.22. The molecule has 3 N–H and O–H groups in total. The monoisotopic (exact) mass is 247 g/mol. The number of aromatic nitrogens is 1. The van der Waals surface area contributed by atoms with Crippen molar-refractivity contribution in [1.82, 2.24) is 4.98 Å². The molecule has 0 spiro atoms. The van der Waals surface area contributed by atoms with Gasteiger partial charge in [0.05, 0.1) is 10.2 Å². The van der Waals surface area contributed by atoms with Gasteiger partial charge >= 0.3 is 0 Å². The van der Waals surface area contributed by atoms with Gasteiger partial charge in [-0.05, 0) is 43.4 Å². The first-order valence-electron chi connectivity index (χ1n) is 6.13. The first kappa shape index (κ1) is 10.8. The Balaban J connectivity index is 1.81. The van der Waals surface area contributed by atoms with E-state index in [4.69, 9.17) is 5.73 Å². The molecule has 1 aliphatic rings. The van der Waals surface area contributed by atoms with E-state index in [0.717, 1.165) is 22.3 Å². The summed E-state index contributed by atoms with van der Waals surface area (Å²) in [5, 5.41) is 4.58. The number of benzene rings is 1. The first-order valence-corrected chi connectivity index (χ1v) is 6.95. The average Bonchev–Trinajstić information content (AvgIpc) is 2.84. The molecule has 3 rings (SSSR count). The molecule has 1 aromatic carbocycles. The van der Waals surface area contributed by atoms with Crippen molar-refractivity contribution in [3.63, 3.8) is 0 Å². The molecule has 2 atom stereocenters. The fourth-order valence-corrected chi connectivity index (χ4v) is 3.51. The van der Waals surface area contributed by atoms with Crippen LogP contribution >= 0.6 is 11.3 Å². The number of nitrogen functional groups attached to an aromatic ring is 1. The second-order valence-electron chi connectivity index (χ2n) is 5.01. The Morgan fingerprint density at radius 1 is 1.41 bits per heavy atom. The lowest BCUT2D eigenvalue weighted by Crippen LogP contribution is -2.14. The van der Waals surface area contributed by atoms with Crippen molar-refractivity contribution in [1.29, 1.82) is 0 Å². The summed E-state index contributed by atoms with van der Waals surface area (Å²) in [5.41, 5.74) is 7.62. The number of thiazole rings is 1. The average molecular weight is 247 g/mol. The van der Waals surface area contributed by atoms with Gasteiger partial charge in [0.1, 0.15) is 0 Å². The summed E-state index contributed by atoms with van der Waals surface area (Å²) < 4.78 is 1.17. The lowest BCUT2D eigenvalue weighted by Gasteiger charge is -2.10. The van der Waals surface area contributed by atoms with E-state index in [2.05, 4.69) is 17.2 Å². The Morgan fingerprint density at radius 3 is 3.06 bits per heavy atom. The Labute approximate surface area is 105 Å². The minimum Gasteiger partial charge on any atom is -0.399 e. The zero-order chi connectivity index (χ0) is 11.8. The number of hydrogen-bond donors (Lipinski definition) is 2. The van der Waals surface area contributed by atoms with Gasteiger partial charge in [0.2, 0.25) is 0 Å². The largest absolute Gasteiger partial charge is 0.399 e. The summed E-state index contributed by atoms with van der Waals surface area (Å²) in [5.74, 6) is 0.845. The van der Waals surface area contributed by atoms with Crippen molar-refractivity contribution in [3.8, 4) is 0 Å². The van der Waals surface area contributed by atoms with E-state index in [1.165, 1.54) is 24.0 Å². The highest BCUT2D eigenvalue weighted by molar-refractivity contribution is 7.22. The summed E-state index contributed by atoms with van der Waals surface area (Å²) in [6.07, 6.45) is 3.85. The Morgan fingerprint density at radius 2 is 2.29 bits per heavy atom. The molecule has 90 valence electrons. The fraction of sp³-hybridized carbons (Fsp3) is 0.462. The van der Waals surface area contributed by atoms with Gasteiger partial charge in [0, 0.05) is 11.7 Å². The maximum atomic E-state index is 5.77. The van der Waals surface area contributed by atoms with Crippen LogP contribution in [-0.4, -0.2) is 11.0 Å². The highest BCUT2D eigenvalue weighted by Crippen LogP contribution is 2.31. The van der Waals surface area contributed by atoms with Crippen LogP contribution in [0.15, 0.2) is 18.2 Å². The molecule has 1 aliphatic carbocycles. The minimum absolute atomic E-state index is 0.600. The molecule has 2 unspecified atom stereocenters. The molecule has 2 aromatic rings. The van der Waals surface area contributed by atoms with Crippen LogP contribution < -0.4 is 11.1 Å². The van der Waals surface area contributed by atoms with E-state index in [1.54, 1.807) is 11.3 Å². The maximum absolute atomic E-state index is 5.77. The zero-order valence-electron chi connectivity index (χ0n) is 9.94. The second kappa shape index (κ2) is 4.18. The van der Waals surface area contributed by atoms with Crippen molar-refractivity contribution in [3.05, 3.63) is 18.2 Å². The van der Waals surface area contributed by atoms with Gasteiger partial charge in [-0.15, -0.1) is 0 Å². The van der Waals surface area contributed by atoms with Crippen molar-refractivity contribution in [2.45, 2.75) is 32.2 Å². The lowest BCUT2D eigenvalue weighted by atomic mass is 10.1. The predicted molar refractivity (Wildman–Crippen MR) is 74.5 cm³/mol. The Bertz CT molecular complexity index is 534. The molecule has 0 saturated heterocycles. The van der Waals surface area contributed by atoms with E-state index in [0.29, 0.717) is 6.04 Å². The summed E-state index contributed by atoms with van der Waals surface area (Å²) in [6, 6.07) is 6.49. The number of rotatable bonds is 2. The molecule has 0 bridgehead atoms. The normalized spacial score (nSPS) is 24.3. The number of nitrogens with zero attached hydrogens (tertiary/aromatic N) is 1. The highest BCUT2D eigenvalue weighted by Gasteiger charge is 2.21. The van der Waals surface area contributed by atoms with E-state index < -0.39 is 0 Å². The summed E-state index contributed by atoms with van der Waals surface area (Å²) in [4.78, 5) is 4.59. The van der Waals surface area contributed by atoms with E-state index in [1.807, 2.05) is 18.2 Å². The van der Waals surface area contributed by atoms with Crippen LogP contribution in [0.4, 0.5) is 10.8 Å². The molecule has 1 saturated carbocycles. The maximum Gasteiger partial charge on any atom is 0.184 e. The molecule has 0 radical (unpaired) electrons. The van der Waals surface area contributed by atoms with E-state index in [9.17, 15) is 0 Å². The third-order valence-electron chi connectivity index (χ3n) is 3.43.